The topological polar surface area (TPSA) is 44.8 Å². The summed E-state index contributed by atoms with van der Waals surface area (Å²) >= 11 is 0. The van der Waals surface area contributed by atoms with Gasteiger partial charge in [0, 0.05) is 13.2 Å². The number of rotatable bonds is 9. The van der Waals surface area contributed by atoms with Gasteiger partial charge in [-0.15, -0.1) is 0 Å². The molecule has 0 aliphatic rings. The first-order chi connectivity index (χ1) is 7.65. The molecular weight excluding hydrogens is 224 g/mol. The Morgan fingerprint density at radius 1 is 1.12 bits per heavy atom. The minimum atomic E-state index is -1.56. The van der Waals surface area contributed by atoms with Crippen molar-refractivity contribution in [2.24, 2.45) is 5.92 Å². The maximum Gasteiger partial charge on any atom is 0.321 e. The van der Waals surface area contributed by atoms with E-state index >= 15 is 0 Å². The van der Waals surface area contributed by atoms with E-state index < -0.39 is 9.28 Å². The molecule has 1 atom stereocenters. The van der Waals surface area contributed by atoms with Gasteiger partial charge in [-0.1, -0.05) is 6.92 Å². The first kappa shape index (κ1) is 15.6. The van der Waals surface area contributed by atoms with Crippen molar-refractivity contribution in [2.75, 3.05) is 19.8 Å². The van der Waals surface area contributed by atoms with Crippen molar-refractivity contribution in [3.05, 3.63) is 0 Å². The van der Waals surface area contributed by atoms with Crippen molar-refractivity contribution in [2.45, 2.75) is 40.2 Å². The van der Waals surface area contributed by atoms with Crippen LogP contribution in [-0.4, -0.2) is 35.1 Å². The van der Waals surface area contributed by atoms with E-state index in [4.69, 9.17) is 13.6 Å². The molecule has 0 heterocycles. The number of esters is 1. The summed E-state index contributed by atoms with van der Waals surface area (Å²) in [7, 11) is -1.56. The van der Waals surface area contributed by atoms with Gasteiger partial charge in [-0.3, -0.25) is 4.79 Å². The molecule has 0 N–H and O–H groups in total. The van der Waals surface area contributed by atoms with Gasteiger partial charge in [0.1, 0.15) is 0 Å². The van der Waals surface area contributed by atoms with E-state index in [1.165, 1.54) is 0 Å². The van der Waals surface area contributed by atoms with Crippen molar-refractivity contribution >= 4 is 15.3 Å². The van der Waals surface area contributed by atoms with Gasteiger partial charge in [-0.2, -0.15) is 0 Å². The molecule has 0 aromatic heterocycles. The Morgan fingerprint density at radius 2 is 1.69 bits per heavy atom. The third kappa shape index (κ3) is 6.98. The van der Waals surface area contributed by atoms with Crippen molar-refractivity contribution in [1.82, 2.24) is 0 Å². The SMILES string of the molecule is CCOC(=O)C(C)CC[SiH](OCC)OCC. The highest BCUT2D eigenvalue weighted by atomic mass is 28.3. The molecule has 4 nitrogen and oxygen atoms in total. The van der Waals surface area contributed by atoms with E-state index in [-0.39, 0.29) is 11.9 Å². The molecule has 0 fully saturated rings. The summed E-state index contributed by atoms with van der Waals surface area (Å²) in [5, 5.41) is 0. The van der Waals surface area contributed by atoms with E-state index in [2.05, 4.69) is 0 Å². The second kappa shape index (κ2) is 9.81. The maximum absolute atomic E-state index is 11.4. The first-order valence-electron chi connectivity index (χ1n) is 6.05. The van der Waals surface area contributed by atoms with Gasteiger partial charge < -0.3 is 13.6 Å². The Balaban J connectivity index is 3.84. The Bertz CT molecular complexity index is 181. The summed E-state index contributed by atoms with van der Waals surface area (Å²) in [6.07, 6.45) is 0.787. The van der Waals surface area contributed by atoms with E-state index in [0.717, 1.165) is 12.5 Å². The molecule has 0 spiro atoms. The molecule has 0 aliphatic heterocycles. The standard InChI is InChI=1S/C11H24O4Si/c1-5-13-11(12)10(4)8-9-16(14-6-2)15-7-3/h10,16H,5-9H2,1-4H3. The number of carbonyl (C=O) groups excluding carboxylic acids is 1. The molecule has 0 saturated heterocycles. The molecule has 0 saturated carbocycles. The molecule has 0 amide bonds. The predicted molar refractivity (Wildman–Crippen MR) is 65.6 cm³/mol. The minimum Gasteiger partial charge on any atom is -0.466 e. The second-order valence-corrected chi connectivity index (χ2v) is 5.67. The van der Waals surface area contributed by atoms with E-state index in [9.17, 15) is 4.79 Å². The number of ether oxygens (including phenoxy) is 1. The Labute approximate surface area is 100 Å². The van der Waals surface area contributed by atoms with Crippen LogP contribution in [0.2, 0.25) is 6.04 Å². The van der Waals surface area contributed by atoms with Crippen LogP contribution in [0, 0.1) is 5.92 Å². The van der Waals surface area contributed by atoms with E-state index in [0.29, 0.717) is 19.8 Å². The summed E-state index contributed by atoms with van der Waals surface area (Å²) in [5.74, 6) is -0.181. The van der Waals surface area contributed by atoms with Crippen molar-refractivity contribution < 1.29 is 18.4 Å². The first-order valence-corrected chi connectivity index (χ1v) is 7.81. The van der Waals surface area contributed by atoms with Gasteiger partial charge in [-0.05, 0) is 33.2 Å². The summed E-state index contributed by atoms with van der Waals surface area (Å²) in [4.78, 5) is 11.4. The van der Waals surface area contributed by atoms with Crippen LogP contribution in [-0.2, 0) is 18.4 Å². The zero-order valence-corrected chi connectivity index (χ0v) is 12.0. The molecular formula is C11H24O4Si. The van der Waals surface area contributed by atoms with Gasteiger partial charge in [0.15, 0.2) is 0 Å². The molecule has 16 heavy (non-hydrogen) atoms. The Kier molecular flexibility index (Phi) is 9.57. The minimum absolute atomic E-state index is 0.0594. The zero-order chi connectivity index (χ0) is 12.4. The third-order valence-electron chi connectivity index (χ3n) is 2.23. The summed E-state index contributed by atoms with van der Waals surface area (Å²) in [6, 6.07) is 0.863. The van der Waals surface area contributed by atoms with Crippen LogP contribution < -0.4 is 0 Å². The van der Waals surface area contributed by atoms with Crippen molar-refractivity contribution in [3.63, 3.8) is 0 Å². The lowest BCUT2D eigenvalue weighted by Gasteiger charge is -2.16. The fourth-order valence-corrected chi connectivity index (χ4v) is 3.32. The third-order valence-corrected chi connectivity index (χ3v) is 4.44. The molecule has 0 bridgehead atoms. The normalized spacial score (nSPS) is 12.8. The van der Waals surface area contributed by atoms with Gasteiger partial charge in [-0.25, -0.2) is 0 Å². The highest BCUT2D eigenvalue weighted by molar-refractivity contribution is 6.44. The average Bonchev–Trinajstić information content (AvgIpc) is 2.26. The number of hydrogen-bond acceptors (Lipinski definition) is 4. The molecule has 0 aliphatic carbocycles. The Hall–Kier alpha value is -0.393. The lowest BCUT2D eigenvalue weighted by Crippen LogP contribution is -2.25. The lowest BCUT2D eigenvalue weighted by atomic mass is 10.1. The predicted octanol–water partition coefficient (Wildman–Crippen LogP) is 1.87. The summed E-state index contributed by atoms with van der Waals surface area (Å²) in [6.45, 7) is 9.46. The number of hydrogen-bond donors (Lipinski definition) is 0. The molecule has 96 valence electrons. The van der Waals surface area contributed by atoms with Gasteiger partial charge in [0.25, 0.3) is 0 Å². The van der Waals surface area contributed by atoms with Crippen LogP contribution in [0.1, 0.15) is 34.1 Å². The molecule has 1 unspecified atom stereocenters. The Morgan fingerprint density at radius 3 is 2.12 bits per heavy atom. The van der Waals surface area contributed by atoms with E-state index in [1.54, 1.807) is 0 Å². The second-order valence-electron chi connectivity index (χ2n) is 3.57. The smallest absolute Gasteiger partial charge is 0.321 e. The fourth-order valence-electron chi connectivity index (χ4n) is 1.38. The summed E-state index contributed by atoms with van der Waals surface area (Å²) in [5.41, 5.74) is 0. The molecule has 0 aromatic carbocycles. The van der Waals surface area contributed by atoms with Gasteiger partial charge in [0.2, 0.25) is 0 Å². The summed E-state index contributed by atoms with van der Waals surface area (Å²) < 4.78 is 16.0. The maximum atomic E-state index is 11.4. The van der Waals surface area contributed by atoms with Crippen molar-refractivity contribution in [1.29, 1.82) is 0 Å². The lowest BCUT2D eigenvalue weighted by molar-refractivity contribution is -0.147. The van der Waals surface area contributed by atoms with Crippen LogP contribution in [0.3, 0.4) is 0 Å². The van der Waals surface area contributed by atoms with Crippen LogP contribution in [0.4, 0.5) is 0 Å². The largest absolute Gasteiger partial charge is 0.466 e. The number of carbonyl (C=O) groups is 1. The zero-order valence-electron chi connectivity index (χ0n) is 10.8. The monoisotopic (exact) mass is 248 g/mol. The van der Waals surface area contributed by atoms with Gasteiger partial charge in [0.05, 0.1) is 12.5 Å². The van der Waals surface area contributed by atoms with Crippen LogP contribution in [0.5, 0.6) is 0 Å². The molecule has 0 rings (SSSR count). The highest BCUT2D eigenvalue weighted by Crippen LogP contribution is 2.12. The van der Waals surface area contributed by atoms with Crippen LogP contribution >= 0.6 is 0 Å². The van der Waals surface area contributed by atoms with Gasteiger partial charge >= 0.3 is 15.3 Å². The molecule has 0 radical (unpaired) electrons. The fraction of sp³-hybridized carbons (Fsp3) is 0.909. The highest BCUT2D eigenvalue weighted by Gasteiger charge is 2.18. The molecule has 5 heteroatoms. The van der Waals surface area contributed by atoms with Crippen LogP contribution in [0.25, 0.3) is 0 Å². The molecule has 0 aromatic rings. The average molecular weight is 248 g/mol. The quantitative estimate of drug-likeness (QED) is 0.461. The van der Waals surface area contributed by atoms with Crippen molar-refractivity contribution in [3.8, 4) is 0 Å². The van der Waals surface area contributed by atoms with E-state index in [1.807, 2.05) is 27.7 Å². The van der Waals surface area contributed by atoms with Crippen LogP contribution in [0.15, 0.2) is 0 Å².